The fraction of sp³-hybridized carbons (Fsp3) is 0.600. The second kappa shape index (κ2) is 12.6. The number of aliphatic carboxylic acids is 1. The predicted molar refractivity (Wildman–Crippen MR) is 41.9 cm³/mol. The van der Waals surface area contributed by atoms with Crippen LogP contribution in [0, 0.1) is 10.7 Å². The molecule has 0 amide bonds. The van der Waals surface area contributed by atoms with Crippen molar-refractivity contribution in [1.29, 1.82) is 5.26 Å². The first kappa shape index (κ1) is 13.5. The third kappa shape index (κ3) is 23.1. The van der Waals surface area contributed by atoms with Gasteiger partial charge < -0.3 is 0 Å². The first-order valence-electron chi connectivity index (χ1n) is 2.91. The predicted octanol–water partition coefficient (Wildman–Crippen LogP) is 0.878. The Labute approximate surface area is 98.8 Å². The number of rotatable bonds is 2. The van der Waals surface area contributed by atoms with Crippen LogP contribution in [0.3, 0.4) is 0 Å². The van der Waals surface area contributed by atoms with Crippen LogP contribution < -0.4 is 0 Å². The first-order valence-corrected chi connectivity index (χ1v) is 6.11. The van der Waals surface area contributed by atoms with E-state index in [4.69, 9.17) is 10.4 Å². The number of nitriles is 1. The second-order valence-corrected chi connectivity index (χ2v) is 3.42. The van der Waals surface area contributed by atoms with Crippen molar-refractivity contribution >= 4 is 66.7 Å². The van der Waals surface area contributed by atoms with Crippen LogP contribution >= 0.6 is 11.8 Å². The van der Waals surface area contributed by atoms with E-state index in [2.05, 4.69) is 0 Å². The summed E-state index contributed by atoms with van der Waals surface area (Å²) < 4.78 is 0.410. The number of carboxylic acids is 1. The van der Waals surface area contributed by atoms with Crippen LogP contribution in [0.25, 0.3) is 0 Å². The van der Waals surface area contributed by atoms with Crippen LogP contribution in [0.4, 0.5) is 0 Å². The zero-order valence-corrected chi connectivity index (χ0v) is 10.1. The summed E-state index contributed by atoms with van der Waals surface area (Å²) in [5.74, 6) is 0.237. The fourth-order valence-electron chi connectivity index (χ4n) is 0.0645. The van der Waals surface area contributed by atoms with Crippen LogP contribution in [0.5, 0.6) is 0 Å². The molecule has 0 aliphatic carbocycles. The zero-order chi connectivity index (χ0) is 8.41. The third-order valence-electron chi connectivity index (χ3n) is 0.511. The number of carboxylic acid groups (broad SMARTS) is 1. The van der Waals surface area contributed by atoms with Crippen molar-refractivity contribution in [2.24, 2.45) is 0 Å². The molecule has 5 heteroatoms. The van der Waals surface area contributed by atoms with Gasteiger partial charge in [0.05, 0.1) is 0 Å². The Hall–Kier alpha value is 0.946. The van der Waals surface area contributed by atoms with Crippen molar-refractivity contribution in [2.75, 3.05) is 5.75 Å². The van der Waals surface area contributed by atoms with Crippen LogP contribution in [-0.4, -0.2) is 65.8 Å². The Morgan fingerprint density at radius 1 is 1.90 bits per heavy atom. The summed E-state index contributed by atoms with van der Waals surface area (Å²) in [6, 6.07) is 0. The second-order valence-electron chi connectivity index (χ2n) is 1.27. The maximum atomic E-state index is 9.41. The van der Waals surface area contributed by atoms with E-state index in [0.717, 1.165) is 5.75 Å². The summed E-state index contributed by atoms with van der Waals surface area (Å²) in [5.41, 5.74) is 0. The SMILES string of the molecule is CCSC#N.O=C(O)[CH2][K]. The van der Waals surface area contributed by atoms with Gasteiger partial charge in [-0.2, -0.15) is 5.26 Å². The maximum absolute atomic E-state index is 9.41. The van der Waals surface area contributed by atoms with E-state index in [9.17, 15) is 4.79 Å². The third-order valence-corrected chi connectivity index (χ3v) is 1.87. The molecule has 52 valence electrons. The molecule has 3 nitrogen and oxygen atoms in total. The molecule has 0 saturated heterocycles. The molecule has 0 aliphatic rings. The quantitative estimate of drug-likeness (QED) is 0.512. The van der Waals surface area contributed by atoms with Gasteiger partial charge in [-0.25, -0.2) is 0 Å². The molecule has 10 heavy (non-hydrogen) atoms. The molecule has 0 aromatic rings. The van der Waals surface area contributed by atoms with Crippen LogP contribution in [0.2, 0.25) is 0.515 Å². The van der Waals surface area contributed by atoms with Gasteiger partial charge in [-0.15, -0.1) is 0 Å². The standard InChI is InChI=1S/C3H5NS.C2H3O2.K/c1-2-5-3-4;1-2(3)4;/h2H2,1H3;1H2,(H,3,4);. The van der Waals surface area contributed by atoms with Crippen molar-refractivity contribution < 1.29 is 9.90 Å². The van der Waals surface area contributed by atoms with Gasteiger partial charge in [0, 0.05) is 5.75 Å². The van der Waals surface area contributed by atoms with Crippen molar-refractivity contribution in [3.63, 3.8) is 0 Å². The van der Waals surface area contributed by atoms with Gasteiger partial charge in [-0.3, -0.25) is 0 Å². The van der Waals surface area contributed by atoms with Crippen LogP contribution in [0.1, 0.15) is 6.92 Å². The fourth-order valence-corrected chi connectivity index (χ4v) is 0.194. The van der Waals surface area contributed by atoms with E-state index < -0.39 is 5.97 Å². The van der Waals surface area contributed by atoms with Crippen LogP contribution in [0.15, 0.2) is 0 Å². The Morgan fingerprint density at radius 2 is 2.30 bits per heavy atom. The molecule has 0 radical (unpaired) electrons. The average molecular weight is 185 g/mol. The van der Waals surface area contributed by atoms with Crippen molar-refractivity contribution in [1.82, 2.24) is 0 Å². The van der Waals surface area contributed by atoms with E-state index >= 15 is 0 Å². The summed E-state index contributed by atoms with van der Waals surface area (Å²) in [4.78, 5) is 9.41. The Kier molecular flexibility index (Phi) is 17.1. The topological polar surface area (TPSA) is 61.1 Å². The molecule has 0 aromatic heterocycles. The van der Waals surface area contributed by atoms with Gasteiger partial charge in [-0.1, -0.05) is 6.92 Å². The summed E-state index contributed by atoms with van der Waals surface area (Å²) in [6.07, 6.45) is 0. The van der Waals surface area contributed by atoms with E-state index in [-0.39, 0.29) is 0 Å². The van der Waals surface area contributed by atoms with Crippen LogP contribution in [-0.2, 0) is 4.79 Å². The van der Waals surface area contributed by atoms with Gasteiger partial charge in [0.2, 0.25) is 0 Å². The molecule has 0 unspecified atom stereocenters. The number of nitrogens with zero attached hydrogens (tertiary/aromatic N) is 1. The molecule has 0 atom stereocenters. The molecule has 0 spiro atoms. The van der Waals surface area contributed by atoms with Crippen molar-refractivity contribution in [3.05, 3.63) is 0 Å². The molecule has 0 bridgehead atoms. The van der Waals surface area contributed by atoms with Gasteiger partial charge in [0.15, 0.2) is 0 Å². The van der Waals surface area contributed by atoms with E-state index in [0.29, 0.717) is 49.5 Å². The number of thiocyanates is 1. The molecular weight excluding hydrogens is 177 g/mol. The molecule has 0 heterocycles. The normalized spacial score (nSPS) is 7.00. The summed E-state index contributed by atoms with van der Waals surface area (Å²) in [6.45, 7) is 1.95. The van der Waals surface area contributed by atoms with E-state index in [1.165, 1.54) is 11.8 Å². The van der Waals surface area contributed by atoms with Crippen molar-refractivity contribution in [2.45, 2.75) is 7.44 Å². The summed E-state index contributed by atoms with van der Waals surface area (Å²) >= 11 is 1.75. The number of hydrogen-bond acceptors (Lipinski definition) is 3. The van der Waals surface area contributed by atoms with Gasteiger partial charge >= 0.3 is 65.3 Å². The molecule has 0 fully saturated rings. The Morgan fingerprint density at radius 3 is 2.30 bits per heavy atom. The monoisotopic (exact) mass is 185 g/mol. The number of carbonyl (C=O) groups is 1. The molecule has 0 rings (SSSR count). The van der Waals surface area contributed by atoms with Gasteiger partial charge in [0.1, 0.15) is 5.40 Å². The molecular formula is C5H8KNO2S. The van der Waals surface area contributed by atoms with Gasteiger partial charge in [-0.05, 0) is 11.8 Å². The first-order chi connectivity index (χ1) is 4.68. The number of thioether (sulfide) groups is 1. The number of hydrogen-bond donors (Lipinski definition) is 1. The average Bonchev–Trinajstić information content (AvgIpc) is 1.91. The molecule has 0 saturated carbocycles. The minimum absolute atomic E-state index is 0.410. The Bertz CT molecular complexity index is 123. The van der Waals surface area contributed by atoms with Crippen molar-refractivity contribution in [3.8, 4) is 5.40 Å². The summed E-state index contributed by atoms with van der Waals surface area (Å²) in [7, 11) is 0. The van der Waals surface area contributed by atoms with Gasteiger partial charge in [0.25, 0.3) is 0 Å². The molecule has 0 aromatic carbocycles. The van der Waals surface area contributed by atoms with E-state index in [1.54, 1.807) is 0 Å². The molecule has 0 aliphatic heterocycles. The minimum atomic E-state index is -0.662. The van der Waals surface area contributed by atoms with E-state index in [1.807, 2.05) is 12.3 Å². The molecule has 1 N–H and O–H groups in total. The summed E-state index contributed by atoms with van der Waals surface area (Å²) in [5, 5.41) is 17.5. The zero-order valence-electron chi connectivity index (χ0n) is 6.13. The Balaban J connectivity index is 0.